The topological polar surface area (TPSA) is 71.8 Å². The lowest BCUT2D eigenvalue weighted by Gasteiger charge is -2.34. The summed E-state index contributed by atoms with van der Waals surface area (Å²) >= 11 is 1.84. The van der Waals surface area contributed by atoms with E-state index in [2.05, 4.69) is 254 Å². The number of nitrogens with zero attached hydrogens (tertiary/aromatic N) is 1. The Balaban J connectivity index is 0.0000000995. The molecule has 0 radical (unpaired) electrons. The first kappa shape index (κ1) is 58.1. The molecule has 476 valence electrons. The Bertz CT molecular complexity index is 5780. The lowest BCUT2D eigenvalue weighted by atomic mass is 9.35. The van der Waals surface area contributed by atoms with Gasteiger partial charge in [0.15, 0.2) is 0 Å². The summed E-state index contributed by atoms with van der Waals surface area (Å²) in [5.74, 6) is 10.5. The first-order chi connectivity index (χ1) is 50.6. The van der Waals surface area contributed by atoms with E-state index in [1.54, 1.807) is 0 Å². The zero-order chi connectivity index (χ0) is 66.9. The van der Waals surface area contributed by atoms with Crippen LogP contribution in [0.5, 0.6) is 69.0 Å². The van der Waals surface area contributed by atoms with Gasteiger partial charge < -0.3 is 37.7 Å². The summed E-state index contributed by atoms with van der Waals surface area (Å²) in [5, 5.41) is 4.82. The number of para-hydroxylation sites is 10. The van der Waals surface area contributed by atoms with Crippen LogP contribution in [0.25, 0.3) is 64.4 Å². The first-order valence-corrected chi connectivity index (χ1v) is 35.2. The highest BCUT2D eigenvalue weighted by atomic mass is 32.1. The summed E-state index contributed by atoms with van der Waals surface area (Å²) in [6.45, 7) is 0.265. The predicted octanol–water partition coefficient (Wildman–Crippen LogP) is 18.3. The SMILES string of the molecule is c1ccc(N(c2ccccc2)c2cc3c4c(c2)Oc2ccccc2B4c2ccccc2O3)cc1.c1ccc2c(c1)Oc1cc(-c3cccc4c3oc3ccccc34)cc3c1B2c1ccccc1O3.c1ccc2c(c1)Oc1cc(-c3cccc4c3sc3ccccc34)cc3c1B2c1ccccc1O3. The fourth-order valence-electron chi connectivity index (χ4n) is 16.2. The van der Waals surface area contributed by atoms with Crippen LogP contribution in [-0.4, -0.2) is 20.1 Å². The van der Waals surface area contributed by atoms with Gasteiger partial charge in [-0.1, -0.05) is 218 Å². The second kappa shape index (κ2) is 23.4. The van der Waals surface area contributed by atoms with Crippen molar-refractivity contribution in [3.05, 3.63) is 328 Å². The van der Waals surface area contributed by atoms with Gasteiger partial charge in [0.05, 0.1) is 5.69 Å². The summed E-state index contributed by atoms with van der Waals surface area (Å²) in [6.07, 6.45) is 0. The Morgan fingerprint density at radius 2 is 0.578 bits per heavy atom. The summed E-state index contributed by atoms with van der Waals surface area (Å²) in [5.41, 5.74) is 19.6. The van der Waals surface area contributed by atoms with Crippen molar-refractivity contribution in [2.75, 3.05) is 4.90 Å². The highest BCUT2D eigenvalue weighted by Crippen LogP contribution is 2.47. The highest BCUT2D eigenvalue weighted by molar-refractivity contribution is 7.26. The second-order valence-electron chi connectivity index (χ2n) is 26.3. The lowest BCUT2D eigenvalue weighted by molar-refractivity contribution is 0.464. The quantitative estimate of drug-likeness (QED) is 0.158. The Labute approximate surface area is 592 Å². The van der Waals surface area contributed by atoms with Gasteiger partial charge in [0, 0.05) is 76.4 Å². The minimum atomic E-state index is 0.0795. The fraction of sp³-hybridized carbons (Fsp3) is 0. The molecular weight excluding hydrogens is 1270 g/mol. The van der Waals surface area contributed by atoms with E-state index in [-0.39, 0.29) is 20.1 Å². The van der Waals surface area contributed by atoms with E-state index in [1.165, 1.54) is 58.5 Å². The summed E-state index contributed by atoms with van der Waals surface area (Å²) in [7, 11) is 0. The minimum absolute atomic E-state index is 0.0795. The zero-order valence-corrected chi connectivity index (χ0v) is 55.4. The molecule has 6 aliphatic rings. The van der Waals surface area contributed by atoms with Crippen molar-refractivity contribution in [2.45, 2.75) is 0 Å². The van der Waals surface area contributed by atoms with Crippen LogP contribution >= 0.6 is 11.3 Å². The summed E-state index contributed by atoms with van der Waals surface area (Å²) in [4.78, 5) is 2.24. The number of hydrogen-bond donors (Lipinski definition) is 0. The van der Waals surface area contributed by atoms with Crippen LogP contribution in [0.2, 0.25) is 0 Å². The number of rotatable bonds is 5. The van der Waals surface area contributed by atoms with Crippen molar-refractivity contribution in [1.29, 1.82) is 0 Å². The van der Waals surface area contributed by atoms with Gasteiger partial charge in [-0.15, -0.1) is 11.3 Å². The van der Waals surface area contributed by atoms with E-state index >= 15 is 0 Å². The maximum Gasteiger partial charge on any atom is 0.260 e. The van der Waals surface area contributed by atoms with E-state index in [4.69, 9.17) is 32.8 Å². The van der Waals surface area contributed by atoms with E-state index in [0.29, 0.717) is 0 Å². The number of ether oxygens (including phenoxy) is 6. The van der Waals surface area contributed by atoms with Gasteiger partial charge in [-0.2, -0.15) is 0 Å². The molecule has 102 heavy (non-hydrogen) atoms. The van der Waals surface area contributed by atoms with Crippen molar-refractivity contribution in [2.24, 2.45) is 0 Å². The maximum atomic E-state index is 6.50. The largest absolute Gasteiger partial charge is 0.458 e. The van der Waals surface area contributed by atoms with Crippen LogP contribution in [0.3, 0.4) is 0 Å². The van der Waals surface area contributed by atoms with Crippen LogP contribution < -0.4 is 82.5 Å². The lowest BCUT2D eigenvalue weighted by Crippen LogP contribution is -2.57. The summed E-state index contributed by atoms with van der Waals surface area (Å²) in [6, 6.07) is 113. The molecule has 0 N–H and O–H groups in total. The van der Waals surface area contributed by atoms with Crippen molar-refractivity contribution in [1.82, 2.24) is 0 Å². The standard InChI is InChI=1S/C30H20BNO2.C30H17BO3.C30H17BO2S/c1-3-11-21(12-4-1)32(22-13-5-2-6-14-22)23-19-28-30-29(20-23)34-27-18-10-8-16-25(27)31(30)24-15-7-9-17-26(24)33-28;1-4-13-24-20(8-1)21-10-7-9-19(30(21)34-24)18-16-27-29-28(17-18)33-26-15-6-3-12-23(26)31(29)22-11-2-5-14-25(22)32-27;1-6-15-28-20(8-1)21-10-7-9-19(30(21)34-28)18-16-26-29-27(17-18)33-25-14-5-3-12-23(25)31(29)22-11-2-4-13-24(22)32-26/h1-20H;2*1-17H. The molecule has 0 aliphatic carbocycles. The highest BCUT2D eigenvalue weighted by Gasteiger charge is 2.44. The number of furan rings is 1. The number of hydrogen-bond acceptors (Lipinski definition) is 9. The van der Waals surface area contributed by atoms with Crippen LogP contribution in [0.4, 0.5) is 17.1 Å². The summed E-state index contributed by atoms with van der Waals surface area (Å²) < 4.78 is 47.8. The predicted molar refractivity (Wildman–Crippen MR) is 418 cm³/mol. The molecule has 8 heterocycles. The van der Waals surface area contributed by atoms with E-state index in [9.17, 15) is 0 Å². The van der Waals surface area contributed by atoms with Gasteiger partial charge >= 0.3 is 0 Å². The molecule has 0 amide bonds. The molecule has 0 spiro atoms. The first-order valence-electron chi connectivity index (χ1n) is 34.4. The molecular formula is C90H54B3NO7S. The molecule has 23 rings (SSSR count). The molecule has 0 saturated heterocycles. The van der Waals surface area contributed by atoms with E-state index in [1.807, 2.05) is 90.2 Å². The normalized spacial score (nSPS) is 12.9. The Hall–Kier alpha value is -12.9. The molecule has 0 bridgehead atoms. The number of thiophene rings is 1. The van der Waals surface area contributed by atoms with Crippen LogP contribution in [0.15, 0.2) is 332 Å². The van der Waals surface area contributed by atoms with Crippen LogP contribution in [0.1, 0.15) is 0 Å². The van der Waals surface area contributed by atoms with Gasteiger partial charge in [-0.25, -0.2) is 0 Å². The number of fused-ring (bicyclic) bond motifs is 18. The molecule has 17 aromatic rings. The van der Waals surface area contributed by atoms with Crippen molar-refractivity contribution >= 4 is 140 Å². The van der Waals surface area contributed by atoms with Crippen LogP contribution in [0, 0.1) is 0 Å². The zero-order valence-electron chi connectivity index (χ0n) is 54.6. The average molecular weight is 1330 g/mol. The molecule has 0 saturated carbocycles. The van der Waals surface area contributed by atoms with Gasteiger partial charge in [-0.3, -0.25) is 0 Å². The van der Waals surface area contributed by atoms with Gasteiger partial charge in [0.25, 0.3) is 20.1 Å². The third-order valence-electron chi connectivity index (χ3n) is 20.6. The van der Waals surface area contributed by atoms with Crippen molar-refractivity contribution in [3.63, 3.8) is 0 Å². The van der Waals surface area contributed by atoms with Gasteiger partial charge in [-0.05, 0) is 147 Å². The monoisotopic (exact) mass is 1330 g/mol. The Morgan fingerprint density at radius 3 is 1.02 bits per heavy atom. The third kappa shape index (κ3) is 9.33. The molecule has 2 aromatic heterocycles. The van der Waals surface area contributed by atoms with Crippen molar-refractivity contribution < 1.29 is 32.8 Å². The molecule has 15 aromatic carbocycles. The minimum Gasteiger partial charge on any atom is -0.458 e. The molecule has 12 heteroatoms. The Kier molecular flexibility index (Phi) is 13.3. The van der Waals surface area contributed by atoms with Crippen molar-refractivity contribution in [3.8, 4) is 91.2 Å². The van der Waals surface area contributed by atoms with E-state index in [0.717, 1.165) is 141 Å². The molecule has 0 unspecified atom stereocenters. The Morgan fingerprint density at radius 1 is 0.245 bits per heavy atom. The maximum absolute atomic E-state index is 6.50. The van der Waals surface area contributed by atoms with E-state index < -0.39 is 0 Å². The fourth-order valence-corrected chi connectivity index (χ4v) is 17.4. The molecule has 6 aliphatic heterocycles. The van der Waals surface area contributed by atoms with Gasteiger partial charge in [0.2, 0.25) is 0 Å². The second-order valence-corrected chi connectivity index (χ2v) is 27.4. The number of benzene rings is 15. The number of anilines is 3. The third-order valence-corrected chi connectivity index (χ3v) is 21.8. The molecule has 8 nitrogen and oxygen atoms in total. The van der Waals surface area contributed by atoms with Crippen LogP contribution in [-0.2, 0) is 0 Å². The molecule has 0 fully saturated rings. The average Bonchev–Trinajstić information content (AvgIpc) is 0.860. The molecule has 0 atom stereocenters. The van der Waals surface area contributed by atoms with Gasteiger partial charge in [0.1, 0.15) is 80.2 Å². The smallest absolute Gasteiger partial charge is 0.260 e.